The summed E-state index contributed by atoms with van der Waals surface area (Å²) in [5.74, 6) is 2.34. The van der Waals surface area contributed by atoms with E-state index in [1.807, 2.05) is 5.41 Å². The summed E-state index contributed by atoms with van der Waals surface area (Å²) in [5, 5.41) is 10.6. The van der Waals surface area contributed by atoms with Crippen LogP contribution in [-0.4, -0.2) is 23.2 Å². The van der Waals surface area contributed by atoms with Crippen LogP contribution in [0.5, 0.6) is 0 Å². The summed E-state index contributed by atoms with van der Waals surface area (Å²) in [7, 11) is 0. The highest BCUT2D eigenvalue weighted by atomic mass is 32.2. The van der Waals surface area contributed by atoms with Crippen LogP contribution >= 0.6 is 23.5 Å². The van der Waals surface area contributed by atoms with E-state index in [9.17, 15) is 0 Å². The van der Waals surface area contributed by atoms with Gasteiger partial charge in [-0.15, -0.1) is 23.5 Å². The third kappa shape index (κ3) is 1.73. The quantitative estimate of drug-likeness (QED) is 0.605. The van der Waals surface area contributed by atoms with Gasteiger partial charge in [-0.05, 0) is 5.41 Å². The van der Waals surface area contributed by atoms with Gasteiger partial charge in [-0.25, -0.2) is 0 Å². The lowest BCUT2D eigenvalue weighted by Gasteiger charge is -2.07. The van der Waals surface area contributed by atoms with Crippen molar-refractivity contribution in [2.24, 2.45) is 0 Å². The minimum atomic E-state index is 0.220. The fraction of sp³-hybridized carbons (Fsp3) is 0.600. The Hall–Kier alpha value is 0.400. The Morgan fingerprint density at radius 2 is 2.50 bits per heavy atom. The third-order valence-corrected chi connectivity index (χ3v) is 3.18. The van der Waals surface area contributed by atoms with E-state index in [1.54, 1.807) is 23.5 Å². The minimum Gasteiger partial charge on any atom is -0.391 e. The SMILES string of the molecule is OCC1=CSCCS1. The van der Waals surface area contributed by atoms with Crippen LogP contribution in [-0.2, 0) is 0 Å². The van der Waals surface area contributed by atoms with Gasteiger partial charge >= 0.3 is 0 Å². The first-order chi connectivity index (χ1) is 3.93. The van der Waals surface area contributed by atoms with E-state index in [-0.39, 0.29) is 6.61 Å². The maximum atomic E-state index is 8.59. The Balaban J connectivity index is 2.37. The van der Waals surface area contributed by atoms with Crippen molar-refractivity contribution in [3.63, 3.8) is 0 Å². The molecular weight excluding hydrogens is 140 g/mol. The van der Waals surface area contributed by atoms with E-state index in [4.69, 9.17) is 5.11 Å². The molecule has 0 aliphatic carbocycles. The van der Waals surface area contributed by atoms with Crippen molar-refractivity contribution in [2.45, 2.75) is 0 Å². The van der Waals surface area contributed by atoms with E-state index in [1.165, 1.54) is 5.75 Å². The molecule has 0 saturated heterocycles. The number of hydrogen-bond acceptors (Lipinski definition) is 3. The van der Waals surface area contributed by atoms with Gasteiger partial charge in [-0.3, -0.25) is 0 Å². The van der Waals surface area contributed by atoms with Crippen LogP contribution < -0.4 is 0 Å². The zero-order chi connectivity index (χ0) is 5.82. The van der Waals surface area contributed by atoms with Gasteiger partial charge in [0.1, 0.15) is 0 Å². The minimum absolute atomic E-state index is 0.220. The largest absolute Gasteiger partial charge is 0.391 e. The van der Waals surface area contributed by atoms with Crippen molar-refractivity contribution in [3.05, 3.63) is 10.3 Å². The Labute approximate surface area is 57.5 Å². The van der Waals surface area contributed by atoms with Gasteiger partial charge in [0, 0.05) is 16.4 Å². The first-order valence-corrected chi connectivity index (χ1v) is 4.51. The van der Waals surface area contributed by atoms with Crippen LogP contribution in [0.4, 0.5) is 0 Å². The third-order valence-electron chi connectivity index (χ3n) is 0.859. The van der Waals surface area contributed by atoms with E-state index in [0.29, 0.717) is 0 Å². The lowest BCUT2D eigenvalue weighted by molar-refractivity contribution is 0.339. The number of aliphatic hydroxyl groups is 1. The molecule has 3 heteroatoms. The second kappa shape index (κ2) is 3.43. The predicted molar refractivity (Wildman–Crippen MR) is 40.1 cm³/mol. The molecule has 0 unspecified atom stereocenters. The summed E-state index contributed by atoms with van der Waals surface area (Å²) in [6.45, 7) is 0.220. The van der Waals surface area contributed by atoms with Gasteiger partial charge in [0.05, 0.1) is 6.61 Å². The lowest BCUT2D eigenvalue weighted by atomic mass is 10.7. The number of rotatable bonds is 1. The molecule has 1 aliphatic heterocycles. The summed E-state index contributed by atoms with van der Waals surface area (Å²) in [5.41, 5.74) is 0. The summed E-state index contributed by atoms with van der Waals surface area (Å²) in [6, 6.07) is 0. The van der Waals surface area contributed by atoms with Gasteiger partial charge in [0.15, 0.2) is 0 Å². The molecule has 8 heavy (non-hydrogen) atoms. The van der Waals surface area contributed by atoms with Crippen LogP contribution in [0.2, 0.25) is 0 Å². The Kier molecular flexibility index (Phi) is 2.80. The normalized spacial score (nSPS) is 20.4. The molecule has 1 N–H and O–H groups in total. The van der Waals surface area contributed by atoms with Crippen LogP contribution in [0.25, 0.3) is 0 Å². The van der Waals surface area contributed by atoms with E-state index < -0.39 is 0 Å². The molecule has 0 aromatic heterocycles. The van der Waals surface area contributed by atoms with Gasteiger partial charge in [0.25, 0.3) is 0 Å². The van der Waals surface area contributed by atoms with Gasteiger partial charge in [-0.1, -0.05) is 0 Å². The zero-order valence-corrected chi connectivity index (χ0v) is 6.10. The Morgan fingerprint density at radius 3 is 2.88 bits per heavy atom. The van der Waals surface area contributed by atoms with Crippen molar-refractivity contribution in [1.82, 2.24) is 0 Å². The molecule has 46 valence electrons. The standard InChI is InChI=1S/C5H8OS2/c6-3-5-4-7-1-2-8-5/h4,6H,1-3H2. The highest BCUT2D eigenvalue weighted by Crippen LogP contribution is 2.25. The Morgan fingerprint density at radius 1 is 1.62 bits per heavy atom. The van der Waals surface area contributed by atoms with Crippen molar-refractivity contribution >= 4 is 23.5 Å². The molecule has 0 atom stereocenters. The van der Waals surface area contributed by atoms with E-state index >= 15 is 0 Å². The molecule has 1 heterocycles. The smallest absolute Gasteiger partial charge is 0.0745 e. The monoisotopic (exact) mass is 148 g/mol. The Bertz CT molecular complexity index is 101. The zero-order valence-electron chi connectivity index (χ0n) is 4.46. The molecular formula is C5H8OS2. The molecule has 1 aliphatic rings. The fourth-order valence-electron chi connectivity index (χ4n) is 0.490. The topological polar surface area (TPSA) is 20.2 Å². The van der Waals surface area contributed by atoms with E-state index in [2.05, 4.69) is 0 Å². The fourth-order valence-corrected chi connectivity index (χ4v) is 2.42. The molecule has 0 spiro atoms. The number of thioether (sulfide) groups is 2. The molecule has 1 rings (SSSR count). The predicted octanol–water partition coefficient (Wildman–Crippen LogP) is 1.30. The second-order valence-corrected chi connectivity index (χ2v) is 3.66. The van der Waals surface area contributed by atoms with Crippen LogP contribution in [0, 0.1) is 0 Å². The first kappa shape index (κ1) is 6.52. The van der Waals surface area contributed by atoms with Crippen LogP contribution in [0.15, 0.2) is 10.3 Å². The van der Waals surface area contributed by atoms with Gasteiger partial charge in [-0.2, -0.15) is 0 Å². The first-order valence-electron chi connectivity index (χ1n) is 2.48. The molecule has 0 bridgehead atoms. The second-order valence-electron chi connectivity index (χ2n) is 1.46. The molecule has 0 aromatic carbocycles. The lowest BCUT2D eigenvalue weighted by Crippen LogP contribution is -1.93. The summed E-state index contributed by atoms with van der Waals surface area (Å²) >= 11 is 3.54. The highest BCUT2D eigenvalue weighted by molar-refractivity contribution is 8.09. The molecule has 0 amide bonds. The van der Waals surface area contributed by atoms with Crippen molar-refractivity contribution < 1.29 is 5.11 Å². The summed E-state index contributed by atoms with van der Waals surface area (Å²) < 4.78 is 0. The van der Waals surface area contributed by atoms with Crippen molar-refractivity contribution in [1.29, 1.82) is 0 Å². The number of hydrogen-bond donors (Lipinski definition) is 1. The summed E-state index contributed by atoms with van der Waals surface area (Å²) in [4.78, 5) is 1.11. The number of aliphatic hydroxyl groups excluding tert-OH is 1. The average Bonchev–Trinajstić information content (AvgIpc) is 1.90. The maximum Gasteiger partial charge on any atom is 0.0745 e. The summed E-state index contributed by atoms with van der Waals surface area (Å²) in [6.07, 6.45) is 0. The molecule has 0 saturated carbocycles. The van der Waals surface area contributed by atoms with Crippen LogP contribution in [0.1, 0.15) is 0 Å². The molecule has 0 radical (unpaired) electrons. The van der Waals surface area contributed by atoms with Crippen molar-refractivity contribution in [3.8, 4) is 0 Å². The molecule has 0 aromatic rings. The van der Waals surface area contributed by atoms with E-state index in [0.717, 1.165) is 10.7 Å². The average molecular weight is 148 g/mol. The van der Waals surface area contributed by atoms with Gasteiger partial charge < -0.3 is 5.11 Å². The van der Waals surface area contributed by atoms with Gasteiger partial charge in [0.2, 0.25) is 0 Å². The maximum absolute atomic E-state index is 8.59. The highest BCUT2D eigenvalue weighted by Gasteiger charge is 2.00. The van der Waals surface area contributed by atoms with Crippen molar-refractivity contribution in [2.75, 3.05) is 18.1 Å². The molecule has 1 nitrogen and oxygen atoms in total. The van der Waals surface area contributed by atoms with Crippen LogP contribution in [0.3, 0.4) is 0 Å². The molecule has 0 fully saturated rings.